The molecule has 1 aliphatic carbocycles. The summed E-state index contributed by atoms with van der Waals surface area (Å²) >= 11 is 0. The van der Waals surface area contributed by atoms with Crippen molar-refractivity contribution in [1.82, 2.24) is 5.32 Å². The van der Waals surface area contributed by atoms with Crippen LogP contribution in [0.4, 0.5) is 0 Å². The van der Waals surface area contributed by atoms with Crippen LogP contribution >= 0.6 is 0 Å². The van der Waals surface area contributed by atoms with Gasteiger partial charge in [0.25, 0.3) is 0 Å². The first-order valence-corrected chi connectivity index (χ1v) is 3.91. The van der Waals surface area contributed by atoms with E-state index in [1.807, 2.05) is 18.2 Å². The zero-order valence-electron chi connectivity index (χ0n) is 7.33. The van der Waals surface area contributed by atoms with Gasteiger partial charge >= 0.3 is 0 Å². The number of ether oxygens (including phenoxy) is 1. The first-order chi connectivity index (χ1) is 5.72. The Morgan fingerprint density at radius 2 is 2.50 bits per heavy atom. The number of carbonyl (C=O) groups is 1. The lowest BCUT2D eigenvalue weighted by atomic mass is 10.1. The molecule has 66 valence electrons. The number of allylic oxidation sites excluding steroid dienone is 1. The molecule has 3 nitrogen and oxygen atoms in total. The van der Waals surface area contributed by atoms with Crippen molar-refractivity contribution < 1.29 is 9.53 Å². The SMILES string of the molecule is COC1C=CC(NC(C)=O)=CC1. The van der Waals surface area contributed by atoms with Crippen LogP contribution in [0.2, 0.25) is 0 Å². The predicted molar refractivity (Wildman–Crippen MR) is 46.5 cm³/mol. The van der Waals surface area contributed by atoms with Crippen molar-refractivity contribution >= 4 is 5.91 Å². The summed E-state index contributed by atoms with van der Waals surface area (Å²) in [7, 11) is 1.67. The molecule has 0 spiro atoms. The third-order valence-electron chi connectivity index (χ3n) is 1.68. The predicted octanol–water partition coefficient (Wildman–Crippen LogP) is 0.981. The number of rotatable bonds is 2. The van der Waals surface area contributed by atoms with Gasteiger partial charge < -0.3 is 10.1 Å². The van der Waals surface area contributed by atoms with Gasteiger partial charge in [-0.3, -0.25) is 4.79 Å². The number of amides is 1. The first kappa shape index (κ1) is 9.00. The fraction of sp³-hybridized carbons (Fsp3) is 0.444. The summed E-state index contributed by atoms with van der Waals surface area (Å²) in [4.78, 5) is 10.6. The minimum absolute atomic E-state index is 0.0400. The molecule has 1 aliphatic rings. The van der Waals surface area contributed by atoms with Gasteiger partial charge in [0.15, 0.2) is 0 Å². The quantitative estimate of drug-likeness (QED) is 0.665. The van der Waals surface area contributed by atoms with E-state index in [2.05, 4.69) is 5.32 Å². The van der Waals surface area contributed by atoms with E-state index >= 15 is 0 Å². The molecule has 1 atom stereocenters. The normalized spacial score (nSPS) is 21.8. The Morgan fingerprint density at radius 3 is 2.92 bits per heavy atom. The van der Waals surface area contributed by atoms with E-state index in [9.17, 15) is 4.79 Å². The fourth-order valence-electron chi connectivity index (χ4n) is 1.07. The van der Waals surface area contributed by atoms with E-state index in [1.54, 1.807) is 7.11 Å². The van der Waals surface area contributed by atoms with Crippen LogP contribution < -0.4 is 5.32 Å². The molecule has 0 aliphatic heterocycles. The lowest BCUT2D eigenvalue weighted by Gasteiger charge is -2.14. The molecule has 0 heterocycles. The monoisotopic (exact) mass is 167 g/mol. The number of carbonyl (C=O) groups excluding carboxylic acids is 1. The van der Waals surface area contributed by atoms with Crippen LogP contribution in [0.25, 0.3) is 0 Å². The van der Waals surface area contributed by atoms with Gasteiger partial charge in [-0.25, -0.2) is 0 Å². The topological polar surface area (TPSA) is 38.3 Å². The second-order valence-electron chi connectivity index (χ2n) is 2.71. The Labute approximate surface area is 72.1 Å². The molecule has 1 amide bonds. The summed E-state index contributed by atoms with van der Waals surface area (Å²) in [5, 5.41) is 2.71. The largest absolute Gasteiger partial charge is 0.377 e. The summed E-state index contributed by atoms with van der Waals surface area (Å²) < 4.78 is 5.10. The van der Waals surface area contributed by atoms with Crippen molar-refractivity contribution in [1.29, 1.82) is 0 Å². The lowest BCUT2D eigenvalue weighted by Crippen LogP contribution is -2.21. The minimum atomic E-state index is -0.0400. The lowest BCUT2D eigenvalue weighted by molar-refractivity contribution is -0.118. The number of nitrogens with one attached hydrogen (secondary N) is 1. The van der Waals surface area contributed by atoms with Crippen LogP contribution in [0.5, 0.6) is 0 Å². The van der Waals surface area contributed by atoms with Crippen LogP contribution in [0.15, 0.2) is 23.9 Å². The Bertz CT molecular complexity index is 231. The smallest absolute Gasteiger partial charge is 0.221 e. The third-order valence-corrected chi connectivity index (χ3v) is 1.68. The molecule has 1 rings (SSSR count). The summed E-state index contributed by atoms with van der Waals surface area (Å²) in [6.45, 7) is 1.50. The van der Waals surface area contributed by atoms with Crippen molar-refractivity contribution in [2.75, 3.05) is 7.11 Å². The van der Waals surface area contributed by atoms with Gasteiger partial charge in [0, 0.05) is 19.7 Å². The highest BCUT2D eigenvalue weighted by Crippen LogP contribution is 2.10. The van der Waals surface area contributed by atoms with E-state index in [1.165, 1.54) is 6.92 Å². The van der Waals surface area contributed by atoms with Crippen LogP contribution in [0.1, 0.15) is 13.3 Å². The van der Waals surface area contributed by atoms with Crippen molar-refractivity contribution in [2.24, 2.45) is 0 Å². The number of hydrogen-bond donors (Lipinski definition) is 1. The molecule has 3 heteroatoms. The minimum Gasteiger partial charge on any atom is -0.377 e. The van der Waals surface area contributed by atoms with Crippen molar-refractivity contribution in [3.05, 3.63) is 23.9 Å². The average Bonchev–Trinajstić information content (AvgIpc) is 2.05. The molecule has 0 aromatic carbocycles. The van der Waals surface area contributed by atoms with Crippen LogP contribution in [0, 0.1) is 0 Å². The van der Waals surface area contributed by atoms with Gasteiger partial charge in [-0.05, 0) is 12.5 Å². The summed E-state index contributed by atoms with van der Waals surface area (Å²) in [6, 6.07) is 0. The molecule has 0 aromatic heterocycles. The zero-order chi connectivity index (χ0) is 8.97. The molecular weight excluding hydrogens is 154 g/mol. The second kappa shape index (κ2) is 4.07. The Morgan fingerprint density at radius 1 is 1.75 bits per heavy atom. The molecule has 0 aromatic rings. The van der Waals surface area contributed by atoms with Crippen LogP contribution in [0.3, 0.4) is 0 Å². The molecule has 12 heavy (non-hydrogen) atoms. The molecule has 1 unspecified atom stereocenters. The molecular formula is C9H13NO2. The zero-order valence-corrected chi connectivity index (χ0v) is 7.33. The Hall–Kier alpha value is -1.09. The molecule has 0 saturated carbocycles. The maximum absolute atomic E-state index is 10.6. The number of hydrogen-bond acceptors (Lipinski definition) is 2. The van der Waals surface area contributed by atoms with Crippen molar-refractivity contribution in [3.63, 3.8) is 0 Å². The summed E-state index contributed by atoms with van der Waals surface area (Å²) in [5.74, 6) is -0.0400. The van der Waals surface area contributed by atoms with Crippen LogP contribution in [-0.4, -0.2) is 19.1 Å². The first-order valence-electron chi connectivity index (χ1n) is 3.91. The molecule has 0 saturated heterocycles. The molecule has 1 N–H and O–H groups in total. The Kier molecular flexibility index (Phi) is 3.05. The van der Waals surface area contributed by atoms with Gasteiger partial charge in [0.1, 0.15) is 0 Å². The fourth-order valence-corrected chi connectivity index (χ4v) is 1.07. The van der Waals surface area contributed by atoms with Gasteiger partial charge in [-0.2, -0.15) is 0 Å². The van der Waals surface area contributed by atoms with E-state index < -0.39 is 0 Å². The molecule has 0 bridgehead atoms. The maximum atomic E-state index is 10.6. The molecule has 0 radical (unpaired) electrons. The van der Waals surface area contributed by atoms with Gasteiger partial charge in [0.05, 0.1) is 6.10 Å². The van der Waals surface area contributed by atoms with Crippen molar-refractivity contribution in [2.45, 2.75) is 19.4 Å². The van der Waals surface area contributed by atoms with E-state index in [4.69, 9.17) is 4.74 Å². The highest BCUT2D eigenvalue weighted by molar-refractivity contribution is 5.75. The third kappa shape index (κ3) is 2.51. The molecule has 0 fully saturated rings. The second-order valence-corrected chi connectivity index (χ2v) is 2.71. The number of methoxy groups -OCH3 is 1. The van der Waals surface area contributed by atoms with Crippen molar-refractivity contribution in [3.8, 4) is 0 Å². The highest BCUT2D eigenvalue weighted by atomic mass is 16.5. The van der Waals surface area contributed by atoms with Gasteiger partial charge in [0.2, 0.25) is 5.91 Å². The summed E-state index contributed by atoms with van der Waals surface area (Å²) in [5.41, 5.74) is 0.857. The van der Waals surface area contributed by atoms with Crippen LogP contribution in [-0.2, 0) is 9.53 Å². The standard InChI is InChI=1S/C9H13NO2/c1-7(11)10-8-3-5-9(12-2)6-4-8/h3-5,9H,6H2,1-2H3,(H,10,11). The maximum Gasteiger partial charge on any atom is 0.221 e. The van der Waals surface area contributed by atoms with E-state index in [0.717, 1.165) is 12.1 Å². The highest BCUT2D eigenvalue weighted by Gasteiger charge is 2.06. The van der Waals surface area contributed by atoms with Gasteiger partial charge in [-0.15, -0.1) is 0 Å². The van der Waals surface area contributed by atoms with Gasteiger partial charge in [-0.1, -0.05) is 12.2 Å². The summed E-state index contributed by atoms with van der Waals surface area (Å²) in [6.07, 6.45) is 6.73. The Balaban J connectivity index is 2.46. The van der Waals surface area contributed by atoms with E-state index in [0.29, 0.717) is 0 Å². The average molecular weight is 167 g/mol. The van der Waals surface area contributed by atoms with E-state index in [-0.39, 0.29) is 12.0 Å².